The second-order valence-electron chi connectivity index (χ2n) is 6.38. The molecule has 2 saturated carbocycles. The Morgan fingerprint density at radius 1 is 1.20 bits per heavy atom. The zero-order valence-electron chi connectivity index (χ0n) is 12.0. The summed E-state index contributed by atoms with van der Waals surface area (Å²) in [6.07, 6.45) is 7.76. The first-order valence-corrected chi connectivity index (χ1v) is 10.5. The second kappa shape index (κ2) is 5.20. The van der Waals surface area contributed by atoms with Crippen LogP contribution in [0.25, 0.3) is 0 Å². The molecule has 0 spiro atoms. The molecular formula is C14H23NO3S2. The Morgan fingerprint density at radius 2 is 1.90 bits per heavy atom. The predicted octanol–water partition coefficient (Wildman–Crippen LogP) is 1.84. The van der Waals surface area contributed by atoms with Gasteiger partial charge in [0.15, 0.2) is 14.6 Å². The number of fused-ring (bicyclic) bond motifs is 1. The highest BCUT2D eigenvalue weighted by Gasteiger charge is 2.56. The summed E-state index contributed by atoms with van der Waals surface area (Å²) >= 11 is 1.97. The number of carbonyl (C=O) groups is 1. The summed E-state index contributed by atoms with van der Waals surface area (Å²) in [5.41, 5.74) is 0. The third-order valence-corrected chi connectivity index (χ3v) is 8.65. The minimum absolute atomic E-state index is 0.0940. The van der Waals surface area contributed by atoms with Crippen molar-refractivity contribution in [2.24, 2.45) is 0 Å². The maximum Gasteiger partial charge on any atom is 0.244 e. The molecule has 114 valence electrons. The van der Waals surface area contributed by atoms with Crippen LogP contribution in [-0.2, 0) is 14.6 Å². The van der Waals surface area contributed by atoms with E-state index in [9.17, 15) is 13.2 Å². The van der Waals surface area contributed by atoms with E-state index in [4.69, 9.17) is 0 Å². The second-order valence-corrected chi connectivity index (χ2v) is 10.1. The van der Waals surface area contributed by atoms with Gasteiger partial charge in [-0.05, 0) is 32.1 Å². The Labute approximate surface area is 125 Å². The van der Waals surface area contributed by atoms with E-state index < -0.39 is 14.6 Å². The van der Waals surface area contributed by atoms with Gasteiger partial charge in [0.05, 0.1) is 0 Å². The SMILES string of the molecule is CS(=O)(=O)C1(C(=O)N2CCS[C@H]3CCCC[C@@H]32)CCC1. The van der Waals surface area contributed by atoms with Crippen molar-refractivity contribution in [3.05, 3.63) is 0 Å². The van der Waals surface area contributed by atoms with Crippen molar-refractivity contribution in [1.82, 2.24) is 4.90 Å². The fourth-order valence-corrected chi connectivity index (χ4v) is 6.76. The van der Waals surface area contributed by atoms with Gasteiger partial charge in [0, 0.05) is 29.8 Å². The standard InChI is InChI=1S/C14H23NO3S2/c1-20(17,18)14(7-4-8-14)13(16)15-9-10-19-12-6-3-2-5-11(12)15/h11-12H,2-10H2,1H3/t11-,12-/m0/s1. The van der Waals surface area contributed by atoms with Gasteiger partial charge in [-0.15, -0.1) is 0 Å². The molecule has 0 radical (unpaired) electrons. The van der Waals surface area contributed by atoms with Crippen LogP contribution < -0.4 is 0 Å². The van der Waals surface area contributed by atoms with Gasteiger partial charge in [-0.2, -0.15) is 11.8 Å². The molecule has 4 nitrogen and oxygen atoms in total. The van der Waals surface area contributed by atoms with E-state index in [2.05, 4.69) is 0 Å². The molecule has 0 unspecified atom stereocenters. The van der Waals surface area contributed by atoms with Crippen LogP contribution >= 0.6 is 11.8 Å². The molecule has 1 heterocycles. The number of rotatable bonds is 2. The Morgan fingerprint density at radius 3 is 2.50 bits per heavy atom. The third kappa shape index (κ3) is 2.19. The largest absolute Gasteiger partial charge is 0.336 e. The van der Waals surface area contributed by atoms with E-state index in [0.717, 1.165) is 31.6 Å². The van der Waals surface area contributed by atoms with Crippen LogP contribution in [0.5, 0.6) is 0 Å². The lowest BCUT2D eigenvalue weighted by Crippen LogP contribution is -2.63. The van der Waals surface area contributed by atoms with E-state index in [1.54, 1.807) is 0 Å². The lowest BCUT2D eigenvalue weighted by molar-refractivity contribution is -0.139. The van der Waals surface area contributed by atoms with E-state index in [1.807, 2.05) is 16.7 Å². The first kappa shape index (κ1) is 14.7. The van der Waals surface area contributed by atoms with Gasteiger partial charge < -0.3 is 4.90 Å². The average Bonchev–Trinajstić information content (AvgIpc) is 2.34. The summed E-state index contributed by atoms with van der Waals surface area (Å²) in [6, 6.07) is 0.272. The summed E-state index contributed by atoms with van der Waals surface area (Å²) < 4.78 is 23.2. The van der Waals surface area contributed by atoms with Gasteiger partial charge in [0.2, 0.25) is 5.91 Å². The molecule has 0 aromatic rings. The Hall–Kier alpha value is -0.230. The average molecular weight is 317 g/mol. The van der Waals surface area contributed by atoms with Crippen molar-refractivity contribution in [3.63, 3.8) is 0 Å². The van der Waals surface area contributed by atoms with Crippen molar-refractivity contribution in [1.29, 1.82) is 0 Å². The van der Waals surface area contributed by atoms with Crippen LogP contribution in [0, 0.1) is 0 Å². The van der Waals surface area contributed by atoms with E-state index in [0.29, 0.717) is 18.1 Å². The van der Waals surface area contributed by atoms with E-state index in [1.165, 1.54) is 19.1 Å². The third-order valence-electron chi connectivity index (χ3n) is 5.25. The van der Waals surface area contributed by atoms with Crippen LogP contribution in [0.2, 0.25) is 0 Å². The minimum Gasteiger partial charge on any atom is -0.336 e. The number of thioether (sulfide) groups is 1. The number of hydrogen-bond donors (Lipinski definition) is 0. The minimum atomic E-state index is -3.31. The number of sulfone groups is 1. The van der Waals surface area contributed by atoms with Gasteiger partial charge in [0.1, 0.15) is 0 Å². The van der Waals surface area contributed by atoms with E-state index in [-0.39, 0.29) is 11.9 Å². The van der Waals surface area contributed by atoms with Crippen molar-refractivity contribution in [2.75, 3.05) is 18.6 Å². The lowest BCUT2D eigenvalue weighted by atomic mass is 9.82. The zero-order chi connectivity index (χ0) is 14.4. The molecule has 2 atom stereocenters. The van der Waals surface area contributed by atoms with Crippen LogP contribution in [0.1, 0.15) is 44.9 Å². The molecule has 3 aliphatic rings. The maximum absolute atomic E-state index is 12.9. The normalized spacial score (nSPS) is 33.1. The van der Waals surface area contributed by atoms with Crippen LogP contribution in [0.4, 0.5) is 0 Å². The number of nitrogens with zero attached hydrogens (tertiary/aromatic N) is 1. The van der Waals surface area contributed by atoms with Crippen molar-refractivity contribution < 1.29 is 13.2 Å². The fraction of sp³-hybridized carbons (Fsp3) is 0.929. The first-order valence-electron chi connectivity index (χ1n) is 7.58. The van der Waals surface area contributed by atoms with Crippen LogP contribution in [0.3, 0.4) is 0 Å². The van der Waals surface area contributed by atoms with Gasteiger partial charge in [-0.1, -0.05) is 12.8 Å². The zero-order valence-corrected chi connectivity index (χ0v) is 13.6. The molecular weight excluding hydrogens is 294 g/mol. The van der Waals surface area contributed by atoms with Crippen LogP contribution in [0.15, 0.2) is 0 Å². The molecule has 2 aliphatic carbocycles. The molecule has 1 saturated heterocycles. The maximum atomic E-state index is 12.9. The van der Waals surface area contributed by atoms with Gasteiger partial charge in [-0.3, -0.25) is 4.79 Å². The number of hydrogen-bond acceptors (Lipinski definition) is 4. The number of carbonyl (C=O) groups excluding carboxylic acids is 1. The van der Waals surface area contributed by atoms with Crippen molar-refractivity contribution in [2.45, 2.75) is 61.0 Å². The highest BCUT2D eigenvalue weighted by atomic mass is 32.2. The quantitative estimate of drug-likeness (QED) is 0.780. The summed E-state index contributed by atoms with van der Waals surface area (Å²) in [4.78, 5) is 14.9. The van der Waals surface area contributed by atoms with Gasteiger partial charge >= 0.3 is 0 Å². The smallest absolute Gasteiger partial charge is 0.244 e. The molecule has 3 fully saturated rings. The molecule has 20 heavy (non-hydrogen) atoms. The number of amides is 1. The highest BCUT2D eigenvalue weighted by Crippen LogP contribution is 2.43. The molecule has 0 N–H and O–H groups in total. The lowest BCUT2D eigenvalue weighted by Gasteiger charge is -2.49. The fourth-order valence-electron chi connectivity index (χ4n) is 3.85. The summed E-state index contributed by atoms with van der Waals surface area (Å²) in [5.74, 6) is 0.857. The first-order chi connectivity index (χ1) is 9.46. The molecule has 1 aliphatic heterocycles. The van der Waals surface area contributed by atoms with E-state index >= 15 is 0 Å². The highest BCUT2D eigenvalue weighted by molar-refractivity contribution is 8.00. The Bertz CT molecular complexity index is 497. The molecule has 1 amide bonds. The summed E-state index contributed by atoms with van der Waals surface area (Å²) in [6.45, 7) is 0.724. The summed E-state index contributed by atoms with van der Waals surface area (Å²) in [5, 5.41) is 0.526. The topological polar surface area (TPSA) is 54.5 Å². The Balaban J connectivity index is 1.85. The Kier molecular flexibility index (Phi) is 3.82. The van der Waals surface area contributed by atoms with Gasteiger partial charge in [-0.25, -0.2) is 8.42 Å². The van der Waals surface area contributed by atoms with Crippen molar-refractivity contribution >= 4 is 27.5 Å². The van der Waals surface area contributed by atoms with Gasteiger partial charge in [0.25, 0.3) is 0 Å². The van der Waals surface area contributed by atoms with Crippen LogP contribution in [-0.4, -0.2) is 53.8 Å². The van der Waals surface area contributed by atoms with Crippen molar-refractivity contribution in [3.8, 4) is 0 Å². The summed E-state index contributed by atoms with van der Waals surface area (Å²) in [7, 11) is -3.31. The molecule has 6 heteroatoms. The molecule has 0 aromatic carbocycles. The monoisotopic (exact) mass is 317 g/mol. The predicted molar refractivity (Wildman–Crippen MR) is 81.6 cm³/mol. The molecule has 0 bridgehead atoms. The molecule has 3 rings (SSSR count). The molecule has 0 aromatic heterocycles.